The Morgan fingerprint density at radius 1 is 1.43 bits per heavy atom. The normalized spacial score (nSPS) is 9.21. The maximum atomic E-state index is 8.36. The Morgan fingerprint density at radius 3 is 2.79 bits per heavy atom. The van der Waals surface area contributed by atoms with Crippen molar-refractivity contribution in [3.05, 3.63) is 11.9 Å². The fourth-order valence-corrected chi connectivity index (χ4v) is 1.03. The third-order valence-corrected chi connectivity index (χ3v) is 1.64. The Labute approximate surface area is 83.2 Å². The lowest BCUT2D eigenvalue weighted by atomic mass is 10.4. The first-order chi connectivity index (χ1) is 6.76. The molecule has 0 bridgehead atoms. The molecule has 0 radical (unpaired) electrons. The van der Waals surface area contributed by atoms with Gasteiger partial charge in [0, 0.05) is 19.7 Å². The average molecular weight is 191 g/mol. The summed E-state index contributed by atoms with van der Waals surface area (Å²) >= 11 is 0. The number of rotatable bonds is 4. The van der Waals surface area contributed by atoms with Crippen LogP contribution in [0.1, 0.15) is 12.2 Å². The third kappa shape index (κ3) is 2.90. The lowest BCUT2D eigenvalue weighted by Crippen LogP contribution is -2.05. The maximum Gasteiger partial charge on any atom is 0.131 e. The molecule has 0 unspecified atom stereocenters. The summed E-state index contributed by atoms with van der Waals surface area (Å²) < 4.78 is 0. The number of aryl methyl sites for hydroxylation is 1. The summed E-state index contributed by atoms with van der Waals surface area (Å²) in [7, 11) is 1.81. The van der Waals surface area contributed by atoms with E-state index in [-0.39, 0.29) is 0 Å². The van der Waals surface area contributed by atoms with E-state index in [0.29, 0.717) is 18.8 Å². The van der Waals surface area contributed by atoms with E-state index >= 15 is 0 Å². The van der Waals surface area contributed by atoms with Crippen LogP contribution in [-0.4, -0.2) is 23.6 Å². The molecule has 0 atom stereocenters. The first-order valence-electron chi connectivity index (χ1n) is 4.40. The Bertz CT molecular complexity index is 342. The molecule has 0 saturated carbocycles. The van der Waals surface area contributed by atoms with E-state index in [9.17, 15) is 0 Å². The molecule has 14 heavy (non-hydrogen) atoms. The summed E-state index contributed by atoms with van der Waals surface area (Å²) in [6, 6.07) is 3.87. The standard InChI is InChI=1S/C9H13N5/c1-7-13-8(11-2)6-9(14-7)12-5-3-4-10/h6H,3,5H2,1-2H3,(H2,11,12,13,14). The molecule has 5 heteroatoms. The van der Waals surface area contributed by atoms with Crippen LogP contribution in [-0.2, 0) is 0 Å². The number of hydrogen-bond donors (Lipinski definition) is 2. The molecule has 1 aromatic heterocycles. The number of nitrogens with zero attached hydrogens (tertiary/aromatic N) is 3. The molecule has 74 valence electrons. The minimum atomic E-state index is 0.470. The Hall–Kier alpha value is -1.83. The SMILES string of the molecule is CNc1cc(NCCC#N)nc(C)n1. The zero-order valence-corrected chi connectivity index (χ0v) is 8.33. The predicted molar refractivity (Wildman–Crippen MR) is 55.0 cm³/mol. The van der Waals surface area contributed by atoms with Gasteiger partial charge in [0.1, 0.15) is 17.5 Å². The van der Waals surface area contributed by atoms with Gasteiger partial charge in [-0.15, -0.1) is 0 Å². The molecule has 2 N–H and O–H groups in total. The van der Waals surface area contributed by atoms with Gasteiger partial charge < -0.3 is 10.6 Å². The largest absolute Gasteiger partial charge is 0.373 e. The molecule has 0 aromatic carbocycles. The molecule has 0 amide bonds. The first kappa shape index (κ1) is 10.3. The highest BCUT2D eigenvalue weighted by Gasteiger charge is 1.98. The zero-order valence-electron chi connectivity index (χ0n) is 8.33. The summed E-state index contributed by atoms with van der Waals surface area (Å²) in [5, 5.41) is 14.4. The zero-order chi connectivity index (χ0) is 10.4. The number of aromatic nitrogens is 2. The topological polar surface area (TPSA) is 73.6 Å². The lowest BCUT2D eigenvalue weighted by Gasteiger charge is -2.06. The molecule has 1 heterocycles. The van der Waals surface area contributed by atoms with Gasteiger partial charge in [-0.05, 0) is 6.92 Å². The van der Waals surface area contributed by atoms with Crippen LogP contribution in [0, 0.1) is 18.3 Å². The van der Waals surface area contributed by atoms with Crippen molar-refractivity contribution in [2.45, 2.75) is 13.3 Å². The van der Waals surface area contributed by atoms with Gasteiger partial charge in [0.25, 0.3) is 0 Å². The van der Waals surface area contributed by atoms with Crippen molar-refractivity contribution in [1.29, 1.82) is 5.26 Å². The highest BCUT2D eigenvalue weighted by molar-refractivity contribution is 5.47. The van der Waals surface area contributed by atoms with Crippen molar-refractivity contribution in [3.8, 4) is 6.07 Å². The van der Waals surface area contributed by atoms with Crippen molar-refractivity contribution in [2.75, 3.05) is 24.2 Å². The summed E-state index contributed by atoms with van der Waals surface area (Å²) in [5.74, 6) is 2.23. The van der Waals surface area contributed by atoms with E-state index in [1.807, 2.05) is 13.0 Å². The van der Waals surface area contributed by atoms with Gasteiger partial charge in [-0.25, -0.2) is 9.97 Å². The van der Waals surface area contributed by atoms with Crippen LogP contribution in [0.3, 0.4) is 0 Å². The highest BCUT2D eigenvalue weighted by atomic mass is 15.1. The fourth-order valence-electron chi connectivity index (χ4n) is 1.03. The molecular formula is C9H13N5. The molecule has 1 rings (SSSR count). The van der Waals surface area contributed by atoms with Gasteiger partial charge in [0.05, 0.1) is 12.5 Å². The summed E-state index contributed by atoms with van der Waals surface area (Å²) in [6.07, 6.45) is 0.470. The van der Waals surface area contributed by atoms with Gasteiger partial charge in [0.2, 0.25) is 0 Å². The molecule has 1 aromatic rings. The van der Waals surface area contributed by atoms with Crippen LogP contribution >= 0.6 is 0 Å². The molecule has 0 spiro atoms. The Balaban J connectivity index is 2.67. The van der Waals surface area contributed by atoms with Gasteiger partial charge in [0.15, 0.2) is 0 Å². The minimum Gasteiger partial charge on any atom is -0.373 e. The monoisotopic (exact) mass is 191 g/mol. The van der Waals surface area contributed by atoms with E-state index in [4.69, 9.17) is 5.26 Å². The summed E-state index contributed by atoms with van der Waals surface area (Å²) in [6.45, 7) is 2.44. The Kier molecular flexibility index (Phi) is 3.68. The van der Waals surface area contributed by atoms with E-state index in [0.717, 1.165) is 11.6 Å². The molecular weight excluding hydrogens is 178 g/mol. The second kappa shape index (κ2) is 5.02. The van der Waals surface area contributed by atoms with Gasteiger partial charge >= 0.3 is 0 Å². The van der Waals surface area contributed by atoms with Crippen molar-refractivity contribution in [3.63, 3.8) is 0 Å². The van der Waals surface area contributed by atoms with E-state index in [2.05, 4.69) is 26.7 Å². The van der Waals surface area contributed by atoms with Crippen LogP contribution < -0.4 is 10.6 Å². The van der Waals surface area contributed by atoms with Crippen molar-refractivity contribution >= 4 is 11.6 Å². The third-order valence-electron chi connectivity index (χ3n) is 1.64. The summed E-state index contributed by atoms with van der Waals surface area (Å²) in [5.41, 5.74) is 0. The number of anilines is 2. The Morgan fingerprint density at radius 2 is 2.14 bits per heavy atom. The lowest BCUT2D eigenvalue weighted by molar-refractivity contribution is 1.01. The highest BCUT2D eigenvalue weighted by Crippen LogP contribution is 2.09. The van der Waals surface area contributed by atoms with Crippen LogP contribution in [0.2, 0.25) is 0 Å². The summed E-state index contributed by atoms with van der Waals surface area (Å²) in [4.78, 5) is 8.34. The molecule has 0 saturated heterocycles. The predicted octanol–water partition coefficient (Wildman–Crippen LogP) is 1.15. The fraction of sp³-hybridized carbons (Fsp3) is 0.444. The molecule has 0 fully saturated rings. The first-order valence-corrected chi connectivity index (χ1v) is 4.40. The van der Waals surface area contributed by atoms with Crippen LogP contribution in [0.25, 0.3) is 0 Å². The maximum absolute atomic E-state index is 8.36. The van der Waals surface area contributed by atoms with Crippen molar-refractivity contribution < 1.29 is 0 Å². The smallest absolute Gasteiger partial charge is 0.131 e. The van der Waals surface area contributed by atoms with E-state index in [1.54, 1.807) is 7.05 Å². The number of nitrogens with one attached hydrogen (secondary N) is 2. The molecule has 0 aliphatic carbocycles. The van der Waals surface area contributed by atoms with Gasteiger partial charge in [-0.2, -0.15) is 5.26 Å². The molecule has 0 aliphatic rings. The number of hydrogen-bond acceptors (Lipinski definition) is 5. The van der Waals surface area contributed by atoms with Crippen molar-refractivity contribution in [1.82, 2.24) is 9.97 Å². The van der Waals surface area contributed by atoms with Crippen LogP contribution in [0.4, 0.5) is 11.6 Å². The minimum absolute atomic E-state index is 0.470. The second-order valence-corrected chi connectivity index (χ2v) is 2.77. The van der Waals surface area contributed by atoms with E-state index < -0.39 is 0 Å². The van der Waals surface area contributed by atoms with Crippen LogP contribution in [0.15, 0.2) is 6.07 Å². The second-order valence-electron chi connectivity index (χ2n) is 2.77. The molecule has 5 nitrogen and oxygen atoms in total. The van der Waals surface area contributed by atoms with Crippen molar-refractivity contribution in [2.24, 2.45) is 0 Å². The quantitative estimate of drug-likeness (QED) is 0.698. The average Bonchev–Trinajstić information content (AvgIpc) is 2.17. The van der Waals surface area contributed by atoms with Gasteiger partial charge in [-0.3, -0.25) is 0 Å². The molecule has 0 aliphatic heterocycles. The van der Waals surface area contributed by atoms with E-state index in [1.165, 1.54) is 0 Å². The van der Waals surface area contributed by atoms with Gasteiger partial charge in [-0.1, -0.05) is 0 Å². The number of nitriles is 1. The van der Waals surface area contributed by atoms with Crippen LogP contribution in [0.5, 0.6) is 0 Å².